The third-order valence-electron chi connectivity index (χ3n) is 5.95. The number of hydrogen-bond donors (Lipinski definition) is 0. The third kappa shape index (κ3) is 8.47. The van der Waals surface area contributed by atoms with Crippen LogP contribution < -0.4 is 9.05 Å². The van der Waals surface area contributed by atoms with Crippen molar-refractivity contribution in [3.8, 4) is 11.5 Å². The molecule has 0 radical (unpaired) electrons. The Morgan fingerprint density at radius 1 is 0.600 bits per heavy atom. The molecular weight excluding hydrogens is 471 g/mol. The van der Waals surface area contributed by atoms with E-state index in [0.717, 1.165) is 73.8 Å². The fourth-order valence-corrected chi connectivity index (χ4v) is 7.50. The molecule has 0 heterocycles. The molecule has 35 heavy (non-hydrogen) atoms. The van der Waals surface area contributed by atoms with Crippen molar-refractivity contribution < 1.29 is 13.6 Å². The summed E-state index contributed by atoms with van der Waals surface area (Å²) in [6.07, 6.45) is 9.20. The average molecular weight is 511 g/mol. The molecule has 0 aromatic heterocycles. The standard InChI is InChI=1S/C30H39O3PS/c1-4-7-16-25-19-10-13-22-28(25)32-34(31,33-29-23-14-11-20-26(29)17-8-5-2)35-30-24-15-12-21-27(30)18-9-6-3/h10-15,19-24H,4-9,16-18H2,1-3H3. The normalized spacial score (nSPS) is 11.4. The van der Waals surface area contributed by atoms with Gasteiger partial charge in [0.15, 0.2) is 0 Å². The lowest BCUT2D eigenvalue weighted by Crippen LogP contribution is -2.03. The van der Waals surface area contributed by atoms with Crippen molar-refractivity contribution in [1.29, 1.82) is 0 Å². The van der Waals surface area contributed by atoms with Crippen molar-refractivity contribution >= 4 is 18.2 Å². The van der Waals surface area contributed by atoms with Crippen LogP contribution in [-0.4, -0.2) is 0 Å². The van der Waals surface area contributed by atoms with Gasteiger partial charge in [-0.1, -0.05) is 94.6 Å². The second kappa shape index (κ2) is 14.4. The molecule has 0 saturated carbocycles. The van der Waals surface area contributed by atoms with E-state index in [9.17, 15) is 4.57 Å². The van der Waals surface area contributed by atoms with Crippen molar-refractivity contribution in [3.05, 3.63) is 89.5 Å². The lowest BCUT2D eigenvalue weighted by atomic mass is 10.1. The van der Waals surface area contributed by atoms with E-state index >= 15 is 0 Å². The van der Waals surface area contributed by atoms with Gasteiger partial charge in [-0.05, 0) is 73.4 Å². The van der Waals surface area contributed by atoms with Gasteiger partial charge in [0.1, 0.15) is 11.5 Å². The predicted octanol–water partition coefficient (Wildman–Crippen LogP) is 10.1. The Kier molecular flexibility index (Phi) is 11.3. The van der Waals surface area contributed by atoms with Crippen molar-refractivity contribution in [1.82, 2.24) is 0 Å². The molecule has 0 aliphatic heterocycles. The van der Waals surface area contributed by atoms with E-state index in [1.54, 1.807) is 0 Å². The Bertz CT molecular complexity index is 962. The van der Waals surface area contributed by atoms with Crippen LogP contribution in [0.15, 0.2) is 77.7 Å². The number of rotatable bonds is 15. The summed E-state index contributed by atoms with van der Waals surface area (Å²) >= 11 is 1.23. The molecule has 3 nitrogen and oxygen atoms in total. The quantitative estimate of drug-likeness (QED) is 0.191. The van der Waals surface area contributed by atoms with Gasteiger partial charge in [0, 0.05) is 16.3 Å². The van der Waals surface area contributed by atoms with Crippen molar-refractivity contribution in [3.63, 3.8) is 0 Å². The zero-order valence-electron chi connectivity index (χ0n) is 21.4. The molecule has 0 aliphatic rings. The topological polar surface area (TPSA) is 35.5 Å². The summed E-state index contributed by atoms with van der Waals surface area (Å²) in [4.78, 5) is 0.960. The van der Waals surface area contributed by atoms with Gasteiger partial charge in [0.05, 0.1) is 0 Å². The number of aryl methyl sites for hydroxylation is 3. The largest absolute Gasteiger partial charge is 0.497 e. The summed E-state index contributed by atoms with van der Waals surface area (Å²) in [5, 5.41) is 0. The summed E-state index contributed by atoms with van der Waals surface area (Å²) in [5.41, 5.74) is 3.32. The van der Waals surface area contributed by atoms with Gasteiger partial charge in [-0.15, -0.1) is 0 Å². The van der Waals surface area contributed by atoms with Gasteiger partial charge in [-0.25, -0.2) is 4.57 Å². The highest BCUT2D eigenvalue weighted by molar-refractivity contribution is 8.55. The van der Waals surface area contributed by atoms with Crippen LogP contribution in [0.3, 0.4) is 0 Å². The molecule has 0 unspecified atom stereocenters. The summed E-state index contributed by atoms with van der Waals surface area (Å²) in [7, 11) is 0. The molecule has 0 aliphatic carbocycles. The Balaban J connectivity index is 1.98. The molecule has 3 rings (SSSR count). The van der Waals surface area contributed by atoms with Gasteiger partial charge in [-0.3, -0.25) is 0 Å². The molecule has 0 spiro atoms. The maximum Gasteiger partial charge on any atom is 0.497 e. The molecule has 0 amide bonds. The molecule has 0 fully saturated rings. The number of unbranched alkanes of at least 4 members (excludes halogenated alkanes) is 3. The highest BCUT2D eigenvalue weighted by Crippen LogP contribution is 2.63. The minimum Gasteiger partial charge on any atom is -0.408 e. The minimum absolute atomic E-state index is 0.647. The zero-order chi connectivity index (χ0) is 24.9. The molecule has 188 valence electrons. The second-order valence-corrected chi connectivity index (χ2v) is 12.6. The Morgan fingerprint density at radius 3 is 1.49 bits per heavy atom. The maximum absolute atomic E-state index is 14.5. The Hall–Kier alpha value is -2.16. The lowest BCUT2D eigenvalue weighted by molar-refractivity contribution is 0.404. The summed E-state index contributed by atoms with van der Waals surface area (Å²) in [6.45, 7) is 2.89. The first-order chi connectivity index (χ1) is 17.1. The van der Waals surface area contributed by atoms with Crippen LogP contribution in [0, 0.1) is 0 Å². The molecular formula is C30H39O3PS. The van der Waals surface area contributed by atoms with Gasteiger partial charge in [0.2, 0.25) is 0 Å². The number of benzene rings is 3. The molecule has 0 saturated heterocycles. The molecule has 3 aromatic rings. The van der Waals surface area contributed by atoms with Crippen LogP contribution in [0.1, 0.15) is 76.0 Å². The van der Waals surface area contributed by atoms with Crippen LogP contribution >= 0.6 is 18.2 Å². The first-order valence-electron chi connectivity index (χ1n) is 13.0. The summed E-state index contributed by atoms with van der Waals surface area (Å²) in [5.74, 6) is 1.29. The average Bonchev–Trinajstić information content (AvgIpc) is 2.87. The van der Waals surface area contributed by atoms with E-state index in [2.05, 4.69) is 39.0 Å². The van der Waals surface area contributed by atoms with Gasteiger partial charge in [-0.2, -0.15) is 0 Å². The number of para-hydroxylation sites is 2. The SMILES string of the molecule is CCCCc1ccccc1OP(=O)(Oc1ccccc1CCCC)Sc1ccccc1CCCC. The van der Waals surface area contributed by atoms with Crippen molar-refractivity contribution in [2.45, 2.75) is 83.5 Å². The van der Waals surface area contributed by atoms with E-state index in [1.807, 2.05) is 54.6 Å². The van der Waals surface area contributed by atoms with Gasteiger partial charge < -0.3 is 9.05 Å². The number of hydrogen-bond acceptors (Lipinski definition) is 4. The lowest BCUT2D eigenvalue weighted by Gasteiger charge is -2.23. The van der Waals surface area contributed by atoms with E-state index < -0.39 is 6.80 Å². The molecule has 3 aromatic carbocycles. The van der Waals surface area contributed by atoms with Crippen LogP contribution in [0.4, 0.5) is 0 Å². The van der Waals surface area contributed by atoms with Gasteiger partial charge >= 0.3 is 6.80 Å². The van der Waals surface area contributed by atoms with E-state index in [0.29, 0.717) is 11.5 Å². The summed E-state index contributed by atoms with van der Waals surface area (Å²) in [6, 6.07) is 24.0. The van der Waals surface area contributed by atoms with Crippen molar-refractivity contribution in [2.24, 2.45) is 0 Å². The second-order valence-electron chi connectivity index (χ2n) is 8.85. The van der Waals surface area contributed by atoms with Crippen LogP contribution in [0.5, 0.6) is 11.5 Å². The van der Waals surface area contributed by atoms with Crippen LogP contribution in [-0.2, 0) is 23.8 Å². The highest BCUT2D eigenvalue weighted by Gasteiger charge is 2.33. The van der Waals surface area contributed by atoms with Crippen LogP contribution in [0.25, 0.3) is 0 Å². The zero-order valence-corrected chi connectivity index (χ0v) is 23.1. The molecule has 0 N–H and O–H groups in total. The van der Waals surface area contributed by atoms with E-state index in [4.69, 9.17) is 9.05 Å². The maximum atomic E-state index is 14.5. The minimum atomic E-state index is -3.65. The fraction of sp³-hybridized carbons (Fsp3) is 0.400. The Morgan fingerprint density at radius 2 is 1.00 bits per heavy atom. The Labute approximate surface area is 215 Å². The summed E-state index contributed by atoms with van der Waals surface area (Å²) < 4.78 is 27.2. The van der Waals surface area contributed by atoms with Crippen molar-refractivity contribution in [2.75, 3.05) is 0 Å². The smallest absolute Gasteiger partial charge is 0.408 e. The fourth-order valence-electron chi connectivity index (χ4n) is 3.92. The molecule has 5 heteroatoms. The first-order valence-corrected chi connectivity index (χ1v) is 16.0. The van der Waals surface area contributed by atoms with E-state index in [1.165, 1.54) is 16.9 Å². The predicted molar refractivity (Wildman–Crippen MR) is 150 cm³/mol. The monoisotopic (exact) mass is 510 g/mol. The molecule has 0 bridgehead atoms. The third-order valence-corrected chi connectivity index (χ3v) is 9.31. The van der Waals surface area contributed by atoms with Crippen LogP contribution in [0.2, 0.25) is 0 Å². The molecule has 0 atom stereocenters. The van der Waals surface area contributed by atoms with E-state index in [-0.39, 0.29) is 0 Å². The first kappa shape index (κ1) is 27.4. The van der Waals surface area contributed by atoms with Gasteiger partial charge in [0.25, 0.3) is 0 Å². The highest BCUT2D eigenvalue weighted by atomic mass is 32.7.